The number of nitrogens with zero attached hydrogens (tertiary/aromatic N) is 5. The van der Waals surface area contributed by atoms with Crippen LogP contribution in [0.4, 0.5) is 11.5 Å². The maximum atomic E-state index is 11.4. The van der Waals surface area contributed by atoms with Gasteiger partial charge in [-0.2, -0.15) is 8.42 Å². The van der Waals surface area contributed by atoms with E-state index >= 15 is 0 Å². The highest BCUT2D eigenvalue weighted by atomic mass is 32.2. The molecular weight excluding hydrogens is 442 g/mol. The van der Waals surface area contributed by atoms with Crippen LogP contribution in [0.15, 0.2) is 42.7 Å². The molecule has 0 saturated carbocycles. The molecular formula is C23H27N5O4S. The zero-order valence-electron chi connectivity index (χ0n) is 18.6. The molecule has 10 heteroatoms. The molecule has 174 valence electrons. The maximum absolute atomic E-state index is 11.4. The molecule has 5 rings (SSSR count). The molecule has 0 unspecified atom stereocenters. The Morgan fingerprint density at radius 3 is 2.58 bits per heavy atom. The Morgan fingerprint density at radius 1 is 1.06 bits per heavy atom. The minimum atomic E-state index is -3.45. The fourth-order valence-electron chi connectivity index (χ4n) is 4.37. The van der Waals surface area contributed by atoms with E-state index in [9.17, 15) is 8.42 Å². The Hall–Kier alpha value is -2.82. The summed E-state index contributed by atoms with van der Waals surface area (Å²) in [7, 11) is -3.45. The molecule has 0 radical (unpaired) electrons. The zero-order valence-corrected chi connectivity index (χ0v) is 19.4. The predicted octanol–water partition coefficient (Wildman–Crippen LogP) is 2.33. The third-order valence-corrected chi connectivity index (χ3v) is 6.64. The number of pyridine rings is 1. The standard InChI is InChI=1S/C23H27N5O4S/c1-33(29,30)32-16-17-6-9-28(15-17)23-22-21(24-7-8-25-22)14-20(26-23)18-2-4-19(5-3-18)27-10-12-31-13-11-27/h2-5,7-8,14,17H,6,9-13,15-16H2,1H3/t17-/m0/s1. The summed E-state index contributed by atoms with van der Waals surface area (Å²) in [5, 5.41) is 0. The van der Waals surface area contributed by atoms with Gasteiger partial charge in [-0.3, -0.25) is 9.17 Å². The lowest BCUT2D eigenvalue weighted by atomic mass is 10.1. The number of hydrogen-bond acceptors (Lipinski definition) is 9. The summed E-state index contributed by atoms with van der Waals surface area (Å²) in [6, 6.07) is 10.4. The minimum Gasteiger partial charge on any atom is -0.378 e. The van der Waals surface area contributed by atoms with Gasteiger partial charge in [-0.25, -0.2) is 9.97 Å². The van der Waals surface area contributed by atoms with E-state index in [2.05, 4.69) is 44.0 Å². The van der Waals surface area contributed by atoms with Crippen LogP contribution < -0.4 is 9.80 Å². The number of hydrogen-bond donors (Lipinski definition) is 0. The van der Waals surface area contributed by atoms with Crippen molar-refractivity contribution >= 4 is 32.7 Å². The molecule has 3 aromatic rings. The molecule has 2 saturated heterocycles. The normalized spacial score (nSPS) is 19.4. The van der Waals surface area contributed by atoms with Gasteiger partial charge >= 0.3 is 0 Å². The summed E-state index contributed by atoms with van der Waals surface area (Å²) >= 11 is 0. The Morgan fingerprint density at radius 2 is 1.82 bits per heavy atom. The van der Waals surface area contributed by atoms with Crippen LogP contribution in [0, 0.1) is 5.92 Å². The van der Waals surface area contributed by atoms with Crippen molar-refractivity contribution in [2.45, 2.75) is 6.42 Å². The van der Waals surface area contributed by atoms with E-state index in [0.29, 0.717) is 6.54 Å². The number of anilines is 2. The van der Waals surface area contributed by atoms with Crippen LogP contribution >= 0.6 is 0 Å². The highest BCUT2D eigenvalue weighted by Gasteiger charge is 2.27. The third-order valence-electron chi connectivity index (χ3n) is 6.08. The Balaban J connectivity index is 1.42. The Bertz CT molecular complexity index is 1230. The average molecular weight is 470 g/mol. The molecule has 2 fully saturated rings. The van der Waals surface area contributed by atoms with Crippen molar-refractivity contribution in [1.82, 2.24) is 15.0 Å². The molecule has 0 N–H and O–H groups in total. The Labute approximate surface area is 193 Å². The summed E-state index contributed by atoms with van der Waals surface area (Å²) in [4.78, 5) is 18.5. The zero-order chi connectivity index (χ0) is 22.8. The molecule has 0 amide bonds. The van der Waals surface area contributed by atoms with Gasteiger partial charge in [-0.05, 0) is 24.6 Å². The molecule has 2 aliphatic heterocycles. The van der Waals surface area contributed by atoms with Crippen LogP contribution in [0.1, 0.15) is 6.42 Å². The summed E-state index contributed by atoms with van der Waals surface area (Å²) in [6.07, 6.45) is 5.27. The lowest BCUT2D eigenvalue weighted by Gasteiger charge is -2.29. The highest BCUT2D eigenvalue weighted by Crippen LogP contribution is 2.32. The topological polar surface area (TPSA) is 97.8 Å². The van der Waals surface area contributed by atoms with Crippen molar-refractivity contribution in [1.29, 1.82) is 0 Å². The van der Waals surface area contributed by atoms with Crippen LogP contribution in [0.2, 0.25) is 0 Å². The van der Waals surface area contributed by atoms with E-state index in [4.69, 9.17) is 13.9 Å². The van der Waals surface area contributed by atoms with Crippen molar-refractivity contribution < 1.29 is 17.3 Å². The maximum Gasteiger partial charge on any atom is 0.264 e. The second-order valence-electron chi connectivity index (χ2n) is 8.49. The monoisotopic (exact) mass is 469 g/mol. The van der Waals surface area contributed by atoms with Crippen LogP contribution in [-0.4, -0.2) is 75.6 Å². The summed E-state index contributed by atoms with van der Waals surface area (Å²) in [5.74, 6) is 0.888. The van der Waals surface area contributed by atoms with Crippen LogP contribution in [0.25, 0.3) is 22.3 Å². The SMILES string of the molecule is CS(=O)(=O)OC[C@H]1CCN(c2nc(-c3ccc(N4CCOCC4)cc3)cc3nccnc23)C1. The fourth-order valence-corrected chi connectivity index (χ4v) is 4.81. The lowest BCUT2D eigenvalue weighted by molar-refractivity contribution is 0.122. The number of ether oxygens (including phenoxy) is 1. The van der Waals surface area contributed by atoms with Crippen molar-refractivity contribution in [3.63, 3.8) is 0 Å². The second kappa shape index (κ2) is 9.20. The Kier molecular flexibility index (Phi) is 6.13. The number of benzene rings is 1. The average Bonchev–Trinajstić information content (AvgIpc) is 3.31. The van der Waals surface area contributed by atoms with Crippen molar-refractivity contribution in [3.8, 4) is 11.3 Å². The van der Waals surface area contributed by atoms with E-state index in [1.807, 2.05) is 6.07 Å². The van der Waals surface area contributed by atoms with Crippen LogP contribution in [0.3, 0.4) is 0 Å². The molecule has 2 aliphatic rings. The highest BCUT2D eigenvalue weighted by molar-refractivity contribution is 7.85. The van der Waals surface area contributed by atoms with Gasteiger partial charge in [0.05, 0.1) is 37.3 Å². The first-order chi connectivity index (χ1) is 16.0. The van der Waals surface area contributed by atoms with Gasteiger partial charge in [0.15, 0.2) is 5.82 Å². The van der Waals surface area contributed by atoms with E-state index in [1.54, 1.807) is 12.4 Å². The number of aromatic nitrogens is 3. The first-order valence-corrected chi connectivity index (χ1v) is 12.9. The minimum absolute atomic E-state index is 0.115. The first kappa shape index (κ1) is 22.0. The smallest absolute Gasteiger partial charge is 0.264 e. The van der Waals surface area contributed by atoms with Gasteiger partial charge in [-0.15, -0.1) is 0 Å². The molecule has 0 aliphatic carbocycles. The molecule has 1 aromatic carbocycles. The van der Waals surface area contributed by atoms with Gasteiger partial charge in [-0.1, -0.05) is 12.1 Å². The molecule has 9 nitrogen and oxygen atoms in total. The number of rotatable bonds is 6. The predicted molar refractivity (Wildman–Crippen MR) is 127 cm³/mol. The van der Waals surface area contributed by atoms with Crippen molar-refractivity contribution in [2.75, 3.05) is 62.1 Å². The van der Waals surface area contributed by atoms with Gasteiger partial charge in [0.1, 0.15) is 5.52 Å². The van der Waals surface area contributed by atoms with Crippen LogP contribution in [-0.2, 0) is 19.0 Å². The van der Waals surface area contributed by atoms with Crippen LogP contribution in [0.5, 0.6) is 0 Å². The molecule has 4 heterocycles. The quantitative estimate of drug-likeness (QED) is 0.504. The van der Waals surface area contributed by atoms with Crippen molar-refractivity contribution in [3.05, 3.63) is 42.7 Å². The molecule has 1 atom stereocenters. The summed E-state index contributed by atoms with van der Waals surface area (Å²) in [5.41, 5.74) is 4.55. The van der Waals surface area contributed by atoms with E-state index < -0.39 is 10.1 Å². The van der Waals surface area contributed by atoms with E-state index in [-0.39, 0.29) is 12.5 Å². The summed E-state index contributed by atoms with van der Waals surface area (Å²) in [6.45, 7) is 4.90. The first-order valence-electron chi connectivity index (χ1n) is 11.1. The van der Waals surface area contributed by atoms with Crippen molar-refractivity contribution in [2.24, 2.45) is 5.92 Å². The summed E-state index contributed by atoms with van der Waals surface area (Å²) < 4.78 is 33.2. The molecule has 2 aromatic heterocycles. The van der Waals surface area contributed by atoms with Gasteiger partial charge in [0.25, 0.3) is 10.1 Å². The van der Waals surface area contributed by atoms with E-state index in [0.717, 1.165) is 73.6 Å². The third kappa shape index (κ3) is 5.07. The van der Waals surface area contributed by atoms with Gasteiger partial charge < -0.3 is 14.5 Å². The largest absolute Gasteiger partial charge is 0.378 e. The lowest BCUT2D eigenvalue weighted by Crippen LogP contribution is -2.36. The molecule has 33 heavy (non-hydrogen) atoms. The molecule has 0 bridgehead atoms. The fraction of sp³-hybridized carbons (Fsp3) is 0.435. The number of fused-ring (bicyclic) bond motifs is 1. The van der Waals surface area contributed by atoms with Gasteiger partial charge in [0, 0.05) is 55.7 Å². The van der Waals surface area contributed by atoms with E-state index in [1.165, 1.54) is 5.69 Å². The van der Waals surface area contributed by atoms with Gasteiger partial charge in [0.2, 0.25) is 0 Å². The second-order valence-corrected chi connectivity index (χ2v) is 10.1. The molecule has 0 spiro atoms. The number of morpholine rings is 1.